The molecule has 8 heteroatoms. The topological polar surface area (TPSA) is 94.3 Å². The Morgan fingerprint density at radius 1 is 0.889 bits per heavy atom. The second-order valence-corrected chi connectivity index (χ2v) is 10.6. The van der Waals surface area contributed by atoms with Crippen LogP contribution in [0.2, 0.25) is 0 Å². The molecule has 3 aromatic heterocycles. The number of pyridine rings is 2. The lowest BCUT2D eigenvalue weighted by Gasteiger charge is -2.13. The molecule has 0 unspecified atom stereocenters. The number of phenolic OH excluding ortho intramolecular Hbond substituents is 1. The molecule has 0 aliphatic heterocycles. The minimum Gasteiger partial charge on any atom is -0.508 e. The lowest BCUT2D eigenvalue weighted by Crippen LogP contribution is -2.15. The van der Waals surface area contributed by atoms with E-state index in [-0.39, 0.29) is 10.6 Å². The Labute approximate surface area is 209 Å². The summed E-state index contributed by atoms with van der Waals surface area (Å²) in [6.07, 6.45) is 4.81. The number of methoxy groups -OCH3 is 1. The highest BCUT2D eigenvalue weighted by atomic mass is 32.2. The predicted molar refractivity (Wildman–Crippen MR) is 140 cm³/mol. The van der Waals surface area contributed by atoms with Crippen LogP contribution in [0.5, 0.6) is 11.5 Å². The normalized spacial score (nSPS) is 11.7. The average Bonchev–Trinajstić information content (AvgIpc) is 3.27. The summed E-state index contributed by atoms with van der Waals surface area (Å²) in [6.45, 7) is 5.72. The van der Waals surface area contributed by atoms with E-state index in [1.807, 2.05) is 32.9 Å². The lowest BCUT2D eigenvalue weighted by molar-refractivity contribution is 0.413. The summed E-state index contributed by atoms with van der Waals surface area (Å²) in [5.74, 6) is 0.704. The summed E-state index contributed by atoms with van der Waals surface area (Å²) in [7, 11) is -2.46. The van der Waals surface area contributed by atoms with Gasteiger partial charge < -0.3 is 9.84 Å². The maximum absolute atomic E-state index is 13.9. The van der Waals surface area contributed by atoms with E-state index in [2.05, 4.69) is 9.97 Å². The summed E-state index contributed by atoms with van der Waals surface area (Å²) in [4.78, 5) is 9.00. The lowest BCUT2D eigenvalue weighted by atomic mass is 9.96. The zero-order chi connectivity index (χ0) is 25.6. The first kappa shape index (κ1) is 23.6. The van der Waals surface area contributed by atoms with Gasteiger partial charge in [0.1, 0.15) is 11.5 Å². The minimum atomic E-state index is -3.99. The highest BCUT2D eigenvalue weighted by Crippen LogP contribution is 2.37. The molecule has 0 fully saturated rings. The van der Waals surface area contributed by atoms with E-state index < -0.39 is 10.0 Å². The van der Waals surface area contributed by atoms with Crippen LogP contribution in [0, 0.1) is 20.8 Å². The van der Waals surface area contributed by atoms with Crippen LogP contribution < -0.4 is 4.74 Å². The van der Waals surface area contributed by atoms with Gasteiger partial charge in [0, 0.05) is 28.9 Å². The van der Waals surface area contributed by atoms with Crippen molar-refractivity contribution in [1.29, 1.82) is 0 Å². The SMILES string of the molecule is COc1cncc(-c2cc3cc(-c4c(C)ccc(O)c4C)cnc3n2S(=O)(=O)c2ccc(C)cc2)c1. The van der Waals surface area contributed by atoms with Gasteiger partial charge >= 0.3 is 0 Å². The third kappa shape index (κ3) is 3.89. The van der Waals surface area contributed by atoms with E-state index in [9.17, 15) is 13.5 Å². The highest BCUT2D eigenvalue weighted by molar-refractivity contribution is 7.90. The maximum Gasteiger partial charge on any atom is 0.269 e. The van der Waals surface area contributed by atoms with Crippen LogP contribution in [0.4, 0.5) is 0 Å². The molecule has 1 N–H and O–H groups in total. The van der Waals surface area contributed by atoms with Crippen molar-refractivity contribution in [3.05, 3.63) is 89.9 Å². The van der Waals surface area contributed by atoms with Crippen LogP contribution in [-0.2, 0) is 10.0 Å². The van der Waals surface area contributed by atoms with Gasteiger partial charge in [0.15, 0.2) is 5.65 Å². The number of phenols is 1. The molecule has 3 heterocycles. The molecule has 0 radical (unpaired) electrons. The predicted octanol–water partition coefficient (Wildman–Crippen LogP) is 5.64. The van der Waals surface area contributed by atoms with Crippen LogP contribution in [0.3, 0.4) is 0 Å². The number of ether oxygens (including phenoxy) is 1. The van der Waals surface area contributed by atoms with Gasteiger partial charge in [-0.1, -0.05) is 23.8 Å². The fraction of sp³-hybridized carbons (Fsp3) is 0.143. The van der Waals surface area contributed by atoms with E-state index in [0.717, 1.165) is 27.8 Å². The van der Waals surface area contributed by atoms with Crippen molar-refractivity contribution in [2.75, 3.05) is 7.11 Å². The molecule has 0 aliphatic rings. The summed E-state index contributed by atoms with van der Waals surface area (Å²) in [6, 6.07) is 15.7. The van der Waals surface area contributed by atoms with Crippen molar-refractivity contribution in [2.24, 2.45) is 0 Å². The standard InChI is InChI=1S/C28H25N3O4S/c1-17-5-8-24(9-6-17)36(33,34)31-25(21-12-23(35-4)16-29-14-21)13-20-11-22(15-30-28(20)31)27-18(2)7-10-26(32)19(27)3/h5-16,32H,1-4H3. The number of fused-ring (bicyclic) bond motifs is 1. The largest absolute Gasteiger partial charge is 0.508 e. The number of aryl methyl sites for hydroxylation is 2. The number of rotatable bonds is 5. The molecule has 0 bridgehead atoms. The Kier molecular flexibility index (Phi) is 5.76. The van der Waals surface area contributed by atoms with E-state index in [4.69, 9.17) is 4.74 Å². The van der Waals surface area contributed by atoms with Gasteiger partial charge in [-0.15, -0.1) is 0 Å². The number of benzene rings is 2. The zero-order valence-electron chi connectivity index (χ0n) is 20.4. The first-order valence-corrected chi connectivity index (χ1v) is 12.8. The molecule has 0 saturated heterocycles. The molecule has 5 aromatic rings. The third-order valence-electron chi connectivity index (χ3n) is 6.34. The van der Waals surface area contributed by atoms with Crippen molar-refractivity contribution in [2.45, 2.75) is 25.7 Å². The molecule has 5 rings (SSSR count). The molecule has 2 aromatic carbocycles. The second-order valence-electron chi connectivity index (χ2n) is 8.76. The molecular formula is C28H25N3O4S. The van der Waals surface area contributed by atoms with E-state index >= 15 is 0 Å². The Balaban J connectivity index is 1.81. The summed E-state index contributed by atoms with van der Waals surface area (Å²) in [5, 5.41) is 10.9. The molecule has 0 aliphatic carbocycles. The molecule has 182 valence electrons. The first-order valence-electron chi connectivity index (χ1n) is 11.3. The number of hydrogen-bond donors (Lipinski definition) is 1. The first-order chi connectivity index (χ1) is 17.2. The summed E-state index contributed by atoms with van der Waals surface area (Å²) in [5.41, 5.74) is 5.63. The quantitative estimate of drug-likeness (QED) is 0.336. The molecule has 36 heavy (non-hydrogen) atoms. The molecule has 7 nitrogen and oxygen atoms in total. The van der Waals surface area contributed by atoms with Gasteiger partial charge in [-0.25, -0.2) is 17.4 Å². The summed E-state index contributed by atoms with van der Waals surface area (Å²) < 4.78 is 34.4. The van der Waals surface area contributed by atoms with E-state index in [1.54, 1.807) is 61.1 Å². The van der Waals surface area contributed by atoms with Gasteiger partial charge in [-0.2, -0.15) is 0 Å². The summed E-state index contributed by atoms with van der Waals surface area (Å²) >= 11 is 0. The Morgan fingerprint density at radius 2 is 1.64 bits per heavy atom. The van der Waals surface area contributed by atoms with Gasteiger partial charge in [-0.3, -0.25) is 4.98 Å². The number of hydrogen-bond acceptors (Lipinski definition) is 6. The second kappa shape index (κ2) is 8.80. The Hall–Kier alpha value is -4.17. The van der Waals surface area contributed by atoms with Crippen LogP contribution >= 0.6 is 0 Å². The molecule has 0 atom stereocenters. The van der Waals surface area contributed by atoms with Crippen molar-refractivity contribution in [3.63, 3.8) is 0 Å². The number of nitrogens with zero attached hydrogens (tertiary/aromatic N) is 3. The molecular weight excluding hydrogens is 474 g/mol. The average molecular weight is 500 g/mol. The van der Waals surface area contributed by atoms with Crippen molar-refractivity contribution < 1.29 is 18.3 Å². The van der Waals surface area contributed by atoms with Gasteiger partial charge in [-0.05, 0) is 73.9 Å². The smallest absolute Gasteiger partial charge is 0.269 e. The minimum absolute atomic E-state index is 0.160. The maximum atomic E-state index is 13.9. The molecule has 0 saturated carbocycles. The van der Waals surface area contributed by atoms with Crippen LogP contribution in [0.1, 0.15) is 16.7 Å². The Morgan fingerprint density at radius 3 is 2.36 bits per heavy atom. The third-order valence-corrected chi connectivity index (χ3v) is 8.05. The Bertz CT molecular complexity index is 1720. The van der Waals surface area contributed by atoms with Crippen molar-refractivity contribution in [1.82, 2.24) is 13.9 Å². The molecule has 0 amide bonds. The van der Waals surface area contributed by atoms with E-state index in [0.29, 0.717) is 28.0 Å². The number of aromatic nitrogens is 3. The monoisotopic (exact) mass is 499 g/mol. The van der Waals surface area contributed by atoms with Crippen molar-refractivity contribution in [3.8, 4) is 33.9 Å². The molecule has 0 spiro atoms. The van der Waals surface area contributed by atoms with Gasteiger partial charge in [0.2, 0.25) is 0 Å². The fourth-order valence-electron chi connectivity index (χ4n) is 4.42. The fourth-order valence-corrected chi connectivity index (χ4v) is 5.91. The van der Waals surface area contributed by atoms with Crippen LogP contribution in [0.25, 0.3) is 33.4 Å². The zero-order valence-corrected chi connectivity index (χ0v) is 21.2. The van der Waals surface area contributed by atoms with Crippen molar-refractivity contribution >= 4 is 21.1 Å². The van der Waals surface area contributed by atoms with Gasteiger partial charge in [0.25, 0.3) is 10.0 Å². The van der Waals surface area contributed by atoms with Crippen LogP contribution in [0.15, 0.2) is 78.1 Å². The highest BCUT2D eigenvalue weighted by Gasteiger charge is 2.26. The number of aromatic hydroxyl groups is 1. The van der Waals surface area contributed by atoms with Crippen LogP contribution in [-0.4, -0.2) is 34.6 Å². The van der Waals surface area contributed by atoms with Gasteiger partial charge in [0.05, 0.1) is 23.9 Å². The van der Waals surface area contributed by atoms with E-state index in [1.165, 1.54) is 11.1 Å².